The highest BCUT2D eigenvalue weighted by Crippen LogP contribution is 2.37. The minimum Gasteiger partial charge on any atom is -0.492 e. The minimum absolute atomic E-state index is 0.0461. The van der Waals surface area contributed by atoms with Gasteiger partial charge in [0, 0.05) is 29.6 Å². The van der Waals surface area contributed by atoms with Crippen molar-refractivity contribution in [1.82, 2.24) is 4.90 Å². The van der Waals surface area contributed by atoms with Crippen molar-refractivity contribution in [2.75, 3.05) is 26.0 Å². The van der Waals surface area contributed by atoms with E-state index in [9.17, 15) is 9.59 Å². The molecule has 3 rings (SSSR count). The van der Waals surface area contributed by atoms with Gasteiger partial charge in [0.25, 0.3) is 11.1 Å². The van der Waals surface area contributed by atoms with Crippen molar-refractivity contribution in [3.05, 3.63) is 65.5 Å². The van der Waals surface area contributed by atoms with Crippen LogP contribution in [0.2, 0.25) is 0 Å². The maximum Gasteiger partial charge on any atom is 0.285 e. The Morgan fingerprint density at radius 3 is 2.38 bits per heavy atom. The van der Waals surface area contributed by atoms with Crippen LogP contribution in [0.4, 0.5) is 10.5 Å². The molecule has 150 valence electrons. The van der Waals surface area contributed by atoms with Crippen LogP contribution in [0.5, 0.6) is 5.75 Å². The molecule has 0 aliphatic heterocycles. The first-order valence-electron chi connectivity index (χ1n) is 9.10. The lowest BCUT2D eigenvalue weighted by molar-refractivity contribution is 0.102. The zero-order valence-electron chi connectivity index (χ0n) is 16.5. The Morgan fingerprint density at radius 1 is 1.07 bits per heavy atom. The van der Waals surface area contributed by atoms with Gasteiger partial charge >= 0.3 is 0 Å². The van der Waals surface area contributed by atoms with Gasteiger partial charge in [-0.25, -0.2) is 0 Å². The van der Waals surface area contributed by atoms with Crippen molar-refractivity contribution in [2.45, 2.75) is 11.8 Å². The highest BCUT2D eigenvalue weighted by atomic mass is 32.2. The standard InChI is InChI=1S/C22H22N2O3S2/c1-4-27-18-14-19(15-8-6-5-7-9-15)29-20(18)21(25)23-16-10-12-17(13-11-16)28-22(26)24(2)3/h5-14H,4H2,1-3H3,(H,23,25). The van der Waals surface area contributed by atoms with Gasteiger partial charge in [-0.15, -0.1) is 11.3 Å². The van der Waals surface area contributed by atoms with Crippen LogP contribution in [0.15, 0.2) is 65.6 Å². The molecule has 1 heterocycles. The largest absolute Gasteiger partial charge is 0.492 e. The fourth-order valence-corrected chi connectivity index (χ4v) is 4.18. The number of rotatable bonds is 6. The first-order valence-corrected chi connectivity index (χ1v) is 10.7. The molecule has 0 saturated carbocycles. The number of ether oxygens (including phenoxy) is 1. The molecule has 2 aromatic carbocycles. The molecule has 7 heteroatoms. The molecule has 5 nitrogen and oxygen atoms in total. The summed E-state index contributed by atoms with van der Waals surface area (Å²) in [5, 5.41) is 2.87. The molecule has 2 amide bonds. The van der Waals surface area contributed by atoms with E-state index in [1.807, 2.05) is 55.5 Å². The van der Waals surface area contributed by atoms with E-state index in [1.54, 1.807) is 26.2 Å². The van der Waals surface area contributed by atoms with Crippen LogP contribution in [0.25, 0.3) is 10.4 Å². The molecule has 0 radical (unpaired) electrons. The molecular formula is C22H22N2O3S2. The van der Waals surface area contributed by atoms with E-state index in [4.69, 9.17) is 4.74 Å². The van der Waals surface area contributed by atoms with Crippen LogP contribution >= 0.6 is 23.1 Å². The normalized spacial score (nSPS) is 10.4. The van der Waals surface area contributed by atoms with E-state index in [0.29, 0.717) is 22.9 Å². The highest BCUT2D eigenvalue weighted by molar-refractivity contribution is 8.13. The van der Waals surface area contributed by atoms with E-state index >= 15 is 0 Å². The third kappa shape index (κ3) is 5.40. The SMILES string of the molecule is CCOc1cc(-c2ccccc2)sc1C(=O)Nc1ccc(SC(=O)N(C)C)cc1. The van der Waals surface area contributed by atoms with Gasteiger partial charge in [-0.3, -0.25) is 9.59 Å². The highest BCUT2D eigenvalue weighted by Gasteiger charge is 2.19. The molecule has 1 N–H and O–H groups in total. The average Bonchev–Trinajstić information content (AvgIpc) is 3.14. The van der Waals surface area contributed by atoms with Crippen molar-refractivity contribution < 1.29 is 14.3 Å². The molecule has 3 aromatic rings. The number of anilines is 1. The monoisotopic (exact) mass is 426 g/mol. The lowest BCUT2D eigenvalue weighted by Gasteiger charge is -2.10. The lowest BCUT2D eigenvalue weighted by atomic mass is 10.2. The second-order valence-corrected chi connectivity index (χ2v) is 8.42. The number of benzene rings is 2. The summed E-state index contributed by atoms with van der Waals surface area (Å²) >= 11 is 2.55. The third-order valence-corrected chi connectivity index (χ3v) is 6.16. The van der Waals surface area contributed by atoms with Gasteiger partial charge in [-0.2, -0.15) is 0 Å². The second kappa shape index (κ2) is 9.62. The fraction of sp³-hybridized carbons (Fsp3) is 0.182. The van der Waals surface area contributed by atoms with Crippen molar-refractivity contribution >= 4 is 39.9 Å². The van der Waals surface area contributed by atoms with Gasteiger partial charge in [0.05, 0.1) is 6.61 Å². The van der Waals surface area contributed by atoms with Crippen molar-refractivity contribution in [3.63, 3.8) is 0 Å². The Kier molecular flexibility index (Phi) is 6.95. The van der Waals surface area contributed by atoms with E-state index in [1.165, 1.54) is 16.2 Å². The van der Waals surface area contributed by atoms with Gasteiger partial charge in [-0.05, 0) is 54.6 Å². The molecule has 0 spiro atoms. The predicted molar refractivity (Wildman–Crippen MR) is 120 cm³/mol. The Bertz CT molecular complexity index is 983. The van der Waals surface area contributed by atoms with Crippen LogP contribution in [0, 0.1) is 0 Å². The molecule has 0 unspecified atom stereocenters. The number of thiophene rings is 1. The summed E-state index contributed by atoms with van der Waals surface area (Å²) in [6.07, 6.45) is 0. The van der Waals surface area contributed by atoms with Crippen molar-refractivity contribution in [3.8, 4) is 16.2 Å². The number of hydrogen-bond donors (Lipinski definition) is 1. The summed E-state index contributed by atoms with van der Waals surface area (Å²) in [5.41, 5.74) is 1.71. The minimum atomic E-state index is -0.217. The zero-order valence-corrected chi connectivity index (χ0v) is 18.1. The smallest absolute Gasteiger partial charge is 0.285 e. The van der Waals surface area contributed by atoms with Crippen LogP contribution in [-0.2, 0) is 0 Å². The maximum atomic E-state index is 12.9. The third-order valence-electron chi connectivity index (χ3n) is 3.94. The number of nitrogens with zero attached hydrogens (tertiary/aromatic N) is 1. The molecule has 0 bridgehead atoms. The first kappa shape index (κ1) is 21.0. The molecule has 29 heavy (non-hydrogen) atoms. The Labute approximate surface area is 178 Å². The summed E-state index contributed by atoms with van der Waals surface area (Å²) in [5.74, 6) is 0.364. The van der Waals surface area contributed by atoms with Gasteiger partial charge < -0.3 is 15.0 Å². The summed E-state index contributed by atoms with van der Waals surface area (Å²) in [6, 6.07) is 19.0. The molecule has 0 saturated heterocycles. The topological polar surface area (TPSA) is 58.6 Å². The van der Waals surface area contributed by atoms with Crippen LogP contribution in [0.1, 0.15) is 16.6 Å². The summed E-state index contributed by atoms with van der Waals surface area (Å²) in [7, 11) is 3.43. The molecule has 0 aliphatic carbocycles. The average molecular weight is 427 g/mol. The zero-order chi connectivity index (χ0) is 20.8. The molecule has 0 fully saturated rings. The lowest BCUT2D eigenvalue weighted by Crippen LogP contribution is -2.16. The van der Waals surface area contributed by atoms with Crippen LogP contribution < -0.4 is 10.1 Å². The Hall–Kier alpha value is -2.77. The van der Waals surface area contributed by atoms with Gasteiger partial charge in [0.15, 0.2) is 0 Å². The maximum absolute atomic E-state index is 12.9. The van der Waals surface area contributed by atoms with Crippen molar-refractivity contribution in [2.24, 2.45) is 0 Å². The van der Waals surface area contributed by atoms with Gasteiger partial charge in [0.2, 0.25) is 0 Å². The molecule has 0 atom stereocenters. The molecule has 0 aliphatic rings. The number of thioether (sulfide) groups is 1. The van der Waals surface area contributed by atoms with Crippen LogP contribution in [-0.4, -0.2) is 36.7 Å². The molecular weight excluding hydrogens is 404 g/mol. The second-order valence-electron chi connectivity index (χ2n) is 6.34. The van der Waals surface area contributed by atoms with Crippen LogP contribution in [0.3, 0.4) is 0 Å². The Morgan fingerprint density at radius 2 is 1.76 bits per heavy atom. The number of carbonyl (C=O) groups excluding carboxylic acids is 2. The van der Waals surface area contributed by atoms with E-state index in [2.05, 4.69) is 5.32 Å². The summed E-state index contributed by atoms with van der Waals surface area (Å²) in [4.78, 5) is 28.5. The number of amides is 2. The van der Waals surface area contributed by atoms with E-state index < -0.39 is 0 Å². The summed E-state index contributed by atoms with van der Waals surface area (Å²) < 4.78 is 5.69. The predicted octanol–water partition coefficient (Wildman–Crippen LogP) is 5.84. The van der Waals surface area contributed by atoms with E-state index in [-0.39, 0.29) is 11.1 Å². The van der Waals surface area contributed by atoms with Crippen molar-refractivity contribution in [1.29, 1.82) is 0 Å². The number of nitrogens with one attached hydrogen (secondary N) is 1. The fourth-order valence-electron chi connectivity index (χ4n) is 2.53. The van der Waals surface area contributed by atoms with E-state index in [0.717, 1.165) is 27.1 Å². The summed E-state index contributed by atoms with van der Waals surface area (Å²) in [6.45, 7) is 2.38. The number of carbonyl (C=O) groups is 2. The Balaban J connectivity index is 1.76. The van der Waals surface area contributed by atoms with Gasteiger partial charge in [0.1, 0.15) is 10.6 Å². The molecule has 1 aromatic heterocycles. The quantitative estimate of drug-likeness (QED) is 0.503. The number of hydrogen-bond acceptors (Lipinski definition) is 5. The van der Waals surface area contributed by atoms with Gasteiger partial charge in [-0.1, -0.05) is 30.3 Å². The first-order chi connectivity index (χ1) is 14.0.